The Hall–Kier alpha value is -2.01. The summed E-state index contributed by atoms with van der Waals surface area (Å²) in [5.74, 6) is 0.922. The van der Waals surface area contributed by atoms with Gasteiger partial charge in [-0.25, -0.2) is 9.97 Å². The van der Waals surface area contributed by atoms with Crippen LogP contribution in [-0.4, -0.2) is 22.0 Å². The molecule has 0 radical (unpaired) electrons. The number of hydrogen-bond acceptors (Lipinski definition) is 4. The maximum absolute atomic E-state index is 4.46. The minimum atomic E-state index is 0.922. The van der Waals surface area contributed by atoms with Crippen molar-refractivity contribution in [2.24, 2.45) is 0 Å². The van der Waals surface area contributed by atoms with Crippen molar-refractivity contribution < 1.29 is 0 Å². The molecule has 0 unspecified atom stereocenters. The van der Waals surface area contributed by atoms with Crippen LogP contribution in [0.15, 0.2) is 46.7 Å². The monoisotopic (exact) mass is 298 g/mol. The first-order chi connectivity index (χ1) is 10.3. The highest BCUT2D eigenvalue weighted by molar-refractivity contribution is 7.99. The van der Waals surface area contributed by atoms with E-state index in [1.165, 1.54) is 10.9 Å². The topological polar surface area (TPSA) is 53.6 Å². The molecule has 4 nitrogen and oxygen atoms in total. The highest BCUT2D eigenvalue weighted by atomic mass is 32.2. The van der Waals surface area contributed by atoms with E-state index >= 15 is 0 Å². The Morgan fingerprint density at radius 3 is 2.86 bits per heavy atom. The van der Waals surface area contributed by atoms with Gasteiger partial charge in [0.25, 0.3) is 0 Å². The lowest BCUT2D eigenvalue weighted by Crippen LogP contribution is -2.02. The number of anilines is 1. The normalized spacial score (nSPS) is 11.0. The number of fused-ring (bicyclic) bond motifs is 1. The van der Waals surface area contributed by atoms with Crippen molar-refractivity contribution >= 4 is 28.5 Å². The van der Waals surface area contributed by atoms with Gasteiger partial charge in [-0.2, -0.15) is 0 Å². The molecule has 0 saturated heterocycles. The number of aromatic nitrogens is 3. The van der Waals surface area contributed by atoms with Gasteiger partial charge in [-0.05, 0) is 18.6 Å². The predicted octanol–water partition coefficient (Wildman–Crippen LogP) is 4.10. The fourth-order valence-corrected chi connectivity index (χ4v) is 3.36. The molecule has 5 heteroatoms. The number of aromatic amines is 1. The molecule has 1 aromatic carbocycles. The van der Waals surface area contributed by atoms with Crippen molar-refractivity contribution in [1.29, 1.82) is 0 Å². The Labute approximate surface area is 128 Å². The summed E-state index contributed by atoms with van der Waals surface area (Å²) in [5, 5.41) is 6.50. The van der Waals surface area contributed by atoms with E-state index in [0.717, 1.165) is 34.2 Å². The number of para-hydroxylation sites is 1. The van der Waals surface area contributed by atoms with Crippen LogP contribution >= 0.6 is 11.8 Å². The number of H-pyrrole nitrogens is 1. The van der Waals surface area contributed by atoms with E-state index in [2.05, 4.69) is 51.5 Å². The van der Waals surface area contributed by atoms with Gasteiger partial charge in [-0.15, -0.1) is 0 Å². The average Bonchev–Trinajstić information content (AvgIpc) is 2.91. The second-order valence-electron chi connectivity index (χ2n) is 4.83. The summed E-state index contributed by atoms with van der Waals surface area (Å²) < 4.78 is 0. The van der Waals surface area contributed by atoms with Gasteiger partial charge in [-0.1, -0.05) is 43.3 Å². The highest BCUT2D eigenvalue weighted by Gasteiger charge is 2.12. The van der Waals surface area contributed by atoms with Crippen LogP contribution in [0.2, 0.25) is 0 Å². The van der Waals surface area contributed by atoms with Crippen LogP contribution in [-0.2, 0) is 6.42 Å². The molecule has 3 aromatic rings. The molecule has 3 rings (SSSR count). The first-order valence-electron chi connectivity index (χ1n) is 7.09. The van der Waals surface area contributed by atoms with Crippen molar-refractivity contribution in [3.8, 4) is 0 Å². The summed E-state index contributed by atoms with van der Waals surface area (Å²) in [4.78, 5) is 12.2. The lowest BCUT2D eigenvalue weighted by Gasteiger charge is -2.10. The first kappa shape index (κ1) is 13.9. The van der Waals surface area contributed by atoms with Gasteiger partial charge in [0.05, 0.1) is 5.03 Å². The first-order valence-corrected chi connectivity index (χ1v) is 7.90. The fourth-order valence-electron chi connectivity index (χ4n) is 2.38. The summed E-state index contributed by atoms with van der Waals surface area (Å²) in [5.41, 5.74) is 2.34. The van der Waals surface area contributed by atoms with E-state index in [-0.39, 0.29) is 0 Å². The number of benzene rings is 1. The third-order valence-corrected chi connectivity index (χ3v) is 4.34. The SMILES string of the molecule is CCCc1c(NC)ncnc1Sc1cc2ccccc2[nH]1. The van der Waals surface area contributed by atoms with Crippen LogP contribution in [0.3, 0.4) is 0 Å². The van der Waals surface area contributed by atoms with E-state index in [9.17, 15) is 0 Å². The molecule has 0 aliphatic heterocycles. The smallest absolute Gasteiger partial charge is 0.133 e. The molecule has 0 amide bonds. The van der Waals surface area contributed by atoms with E-state index in [4.69, 9.17) is 0 Å². The Bertz CT molecular complexity index is 718. The Morgan fingerprint density at radius 1 is 1.24 bits per heavy atom. The minimum Gasteiger partial charge on any atom is -0.373 e. The number of nitrogens with zero attached hydrogens (tertiary/aromatic N) is 2. The van der Waals surface area contributed by atoms with Crippen molar-refractivity contribution in [2.75, 3.05) is 12.4 Å². The number of rotatable bonds is 5. The molecular formula is C16H18N4S. The van der Waals surface area contributed by atoms with Crippen molar-refractivity contribution in [3.63, 3.8) is 0 Å². The molecule has 21 heavy (non-hydrogen) atoms. The third-order valence-electron chi connectivity index (χ3n) is 3.35. The zero-order valence-corrected chi connectivity index (χ0v) is 13.0. The molecule has 0 atom stereocenters. The molecule has 0 fully saturated rings. The molecule has 0 spiro atoms. The van der Waals surface area contributed by atoms with E-state index < -0.39 is 0 Å². The van der Waals surface area contributed by atoms with Gasteiger partial charge in [0, 0.05) is 23.5 Å². The molecule has 2 aromatic heterocycles. The molecule has 0 aliphatic rings. The van der Waals surface area contributed by atoms with Gasteiger partial charge in [-0.3, -0.25) is 0 Å². The number of nitrogens with one attached hydrogen (secondary N) is 2. The van der Waals surface area contributed by atoms with Gasteiger partial charge in [0.2, 0.25) is 0 Å². The summed E-state index contributed by atoms with van der Waals surface area (Å²) in [6, 6.07) is 10.5. The van der Waals surface area contributed by atoms with Crippen LogP contribution in [0.1, 0.15) is 18.9 Å². The van der Waals surface area contributed by atoms with Crippen molar-refractivity contribution in [3.05, 3.63) is 42.2 Å². The molecule has 0 saturated carbocycles. The largest absolute Gasteiger partial charge is 0.373 e. The lowest BCUT2D eigenvalue weighted by atomic mass is 10.2. The second-order valence-corrected chi connectivity index (χ2v) is 5.86. The van der Waals surface area contributed by atoms with Gasteiger partial charge in [0.1, 0.15) is 17.2 Å². The zero-order valence-electron chi connectivity index (χ0n) is 12.2. The summed E-state index contributed by atoms with van der Waals surface area (Å²) in [7, 11) is 1.90. The van der Waals surface area contributed by atoms with Crippen molar-refractivity contribution in [2.45, 2.75) is 29.8 Å². The Morgan fingerprint density at radius 2 is 2.10 bits per heavy atom. The van der Waals surface area contributed by atoms with Crippen LogP contribution < -0.4 is 5.32 Å². The van der Waals surface area contributed by atoms with Gasteiger partial charge in [0.15, 0.2) is 0 Å². The van der Waals surface area contributed by atoms with Crippen LogP contribution in [0.4, 0.5) is 5.82 Å². The number of hydrogen-bond donors (Lipinski definition) is 2. The van der Waals surface area contributed by atoms with Crippen LogP contribution in [0.25, 0.3) is 10.9 Å². The van der Waals surface area contributed by atoms with Crippen LogP contribution in [0, 0.1) is 0 Å². The van der Waals surface area contributed by atoms with Crippen LogP contribution in [0.5, 0.6) is 0 Å². The summed E-state index contributed by atoms with van der Waals surface area (Å²) in [6.07, 6.45) is 3.66. The molecule has 108 valence electrons. The van der Waals surface area contributed by atoms with E-state index in [1.807, 2.05) is 13.1 Å². The van der Waals surface area contributed by atoms with Crippen molar-refractivity contribution in [1.82, 2.24) is 15.0 Å². The zero-order chi connectivity index (χ0) is 14.7. The predicted molar refractivity (Wildman–Crippen MR) is 88.0 cm³/mol. The van der Waals surface area contributed by atoms with Gasteiger partial charge >= 0.3 is 0 Å². The molecule has 0 bridgehead atoms. The average molecular weight is 298 g/mol. The fraction of sp³-hybridized carbons (Fsp3) is 0.250. The van der Waals surface area contributed by atoms with E-state index in [1.54, 1.807) is 18.1 Å². The standard InChI is InChI=1S/C16H18N4S/c1-3-6-12-15(17-2)18-10-19-16(12)21-14-9-11-7-4-5-8-13(11)20-14/h4-5,7-10,20H,3,6H2,1-2H3,(H,17,18,19). The molecular weight excluding hydrogens is 280 g/mol. The van der Waals surface area contributed by atoms with E-state index in [0.29, 0.717) is 0 Å². The molecule has 2 heterocycles. The molecule has 2 N–H and O–H groups in total. The second kappa shape index (κ2) is 6.18. The highest BCUT2D eigenvalue weighted by Crippen LogP contribution is 2.33. The third kappa shape index (κ3) is 2.88. The summed E-state index contributed by atoms with van der Waals surface area (Å²) >= 11 is 1.66. The Kier molecular flexibility index (Phi) is 4.10. The quantitative estimate of drug-likeness (QED) is 0.696. The maximum Gasteiger partial charge on any atom is 0.133 e. The Balaban J connectivity index is 1.96. The lowest BCUT2D eigenvalue weighted by molar-refractivity contribution is 0.858. The summed E-state index contributed by atoms with van der Waals surface area (Å²) in [6.45, 7) is 2.17. The molecule has 0 aliphatic carbocycles. The van der Waals surface area contributed by atoms with Gasteiger partial charge < -0.3 is 10.3 Å². The minimum absolute atomic E-state index is 0.922. The maximum atomic E-state index is 4.46.